The van der Waals surface area contributed by atoms with Crippen LogP contribution in [0.5, 0.6) is 0 Å². The minimum absolute atomic E-state index is 0.00814. The molecule has 0 aliphatic carbocycles. The van der Waals surface area contributed by atoms with Crippen LogP contribution < -0.4 is 11.0 Å². The van der Waals surface area contributed by atoms with E-state index >= 15 is 0 Å². The number of aromatic nitrogens is 3. The number of carbonyl (C=O) groups is 1. The van der Waals surface area contributed by atoms with Crippen LogP contribution in [-0.4, -0.2) is 25.9 Å². The van der Waals surface area contributed by atoms with Gasteiger partial charge in [0.05, 0.1) is 21.5 Å². The van der Waals surface area contributed by atoms with Crippen LogP contribution in [0.15, 0.2) is 28.2 Å². The number of halogens is 4. The first-order valence-corrected chi connectivity index (χ1v) is 8.88. The fourth-order valence-corrected chi connectivity index (χ4v) is 3.10. The van der Waals surface area contributed by atoms with Crippen molar-refractivity contribution in [3.63, 3.8) is 0 Å². The number of alkyl halides is 3. The fourth-order valence-electron chi connectivity index (χ4n) is 2.06. The number of rotatable bonds is 6. The van der Waals surface area contributed by atoms with Gasteiger partial charge in [0, 0.05) is 6.54 Å². The zero-order valence-corrected chi connectivity index (χ0v) is 15.4. The van der Waals surface area contributed by atoms with Crippen molar-refractivity contribution in [2.75, 3.05) is 5.32 Å². The molecule has 6 nitrogen and oxygen atoms in total. The lowest BCUT2D eigenvalue weighted by atomic mass is 10.2. The maximum absolute atomic E-state index is 12.8. The lowest BCUT2D eigenvalue weighted by Crippen LogP contribution is -2.24. The molecule has 26 heavy (non-hydrogen) atoms. The number of amides is 1. The monoisotopic (exact) mass is 408 g/mol. The van der Waals surface area contributed by atoms with Gasteiger partial charge in [0.2, 0.25) is 5.91 Å². The molecule has 1 amide bonds. The first-order valence-electron chi connectivity index (χ1n) is 7.63. The van der Waals surface area contributed by atoms with E-state index < -0.39 is 22.9 Å². The van der Waals surface area contributed by atoms with E-state index in [9.17, 15) is 22.8 Å². The average Bonchev–Trinajstić information content (AvgIpc) is 2.89. The van der Waals surface area contributed by atoms with E-state index in [2.05, 4.69) is 15.5 Å². The van der Waals surface area contributed by atoms with Crippen LogP contribution in [0.1, 0.15) is 25.8 Å². The third-order valence-electron chi connectivity index (χ3n) is 3.37. The third kappa shape index (κ3) is 4.82. The highest BCUT2D eigenvalue weighted by Crippen LogP contribution is 2.34. The quantitative estimate of drug-likeness (QED) is 0.713. The molecule has 1 atom stereocenters. The summed E-state index contributed by atoms with van der Waals surface area (Å²) < 4.78 is 39.8. The first kappa shape index (κ1) is 20.4. The number of anilines is 1. The van der Waals surface area contributed by atoms with E-state index in [1.165, 1.54) is 4.57 Å². The Morgan fingerprint density at radius 1 is 1.46 bits per heavy atom. The second-order valence-corrected chi connectivity index (χ2v) is 7.12. The molecule has 0 aliphatic heterocycles. The van der Waals surface area contributed by atoms with Crippen LogP contribution in [0.25, 0.3) is 0 Å². The number of benzene rings is 1. The van der Waals surface area contributed by atoms with Crippen LogP contribution in [-0.2, 0) is 17.5 Å². The van der Waals surface area contributed by atoms with Gasteiger partial charge in [-0.1, -0.05) is 30.3 Å². The number of H-pyrrole nitrogens is 1. The Kier molecular flexibility index (Phi) is 6.40. The number of hydrogen-bond acceptors (Lipinski definition) is 4. The fraction of sp³-hybridized carbons (Fsp3) is 0.400. The molecule has 1 heterocycles. The molecule has 0 saturated carbocycles. The highest BCUT2D eigenvalue weighted by molar-refractivity contribution is 8.00. The molecule has 2 rings (SSSR count). The Morgan fingerprint density at radius 2 is 2.15 bits per heavy atom. The average molecular weight is 409 g/mol. The Morgan fingerprint density at radius 3 is 2.77 bits per heavy atom. The molecule has 0 unspecified atom stereocenters. The predicted octanol–water partition coefficient (Wildman–Crippen LogP) is 3.77. The maximum atomic E-state index is 12.8. The topological polar surface area (TPSA) is 79.8 Å². The van der Waals surface area contributed by atoms with Crippen LogP contribution >= 0.6 is 23.4 Å². The second kappa shape index (κ2) is 8.17. The van der Waals surface area contributed by atoms with Gasteiger partial charge in [0.1, 0.15) is 0 Å². The minimum atomic E-state index is -4.55. The highest BCUT2D eigenvalue weighted by atomic mass is 35.5. The molecule has 2 aromatic rings. The molecule has 11 heteroatoms. The SMILES string of the molecule is CCCn1c(S[C@@H](C)C(=O)Nc2cc(C(F)(F)F)ccc2Cl)n[nH]c1=O. The van der Waals surface area contributed by atoms with E-state index in [4.69, 9.17) is 11.6 Å². The van der Waals surface area contributed by atoms with Gasteiger partial charge >= 0.3 is 11.9 Å². The van der Waals surface area contributed by atoms with E-state index in [0.29, 0.717) is 18.1 Å². The number of aromatic amines is 1. The standard InChI is InChI=1S/C15H16ClF3N4O2S/c1-3-6-23-13(25)21-22-14(23)26-8(2)12(24)20-11-7-9(15(17,18)19)4-5-10(11)16/h4-5,7-8H,3,6H2,1-2H3,(H,20,24)(H,21,25)/t8-/m0/s1. The molecular formula is C15H16ClF3N4O2S. The number of hydrogen-bond donors (Lipinski definition) is 2. The van der Waals surface area contributed by atoms with Crippen LogP contribution in [0.2, 0.25) is 5.02 Å². The number of nitrogens with zero attached hydrogens (tertiary/aromatic N) is 2. The summed E-state index contributed by atoms with van der Waals surface area (Å²) in [6.07, 6.45) is -3.84. The van der Waals surface area contributed by atoms with Gasteiger partial charge in [0.25, 0.3) is 0 Å². The van der Waals surface area contributed by atoms with Gasteiger partial charge in [-0.05, 0) is 31.5 Å². The summed E-state index contributed by atoms with van der Waals surface area (Å²) >= 11 is 6.89. The van der Waals surface area contributed by atoms with Crippen molar-refractivity contribution in [1.29, 1.82) is 0 Å². The van der Waals surface area contributed by atoms with Crippen LogP contribution in [0.3, 0.4) is 0 Å². The Balaban J connectivity index is 2.14. The number of thioether (sulfide) groups is 1. The zero-order chi connectivity index (χ0) is 19.5. The smallest absolute Gasteiger partial charge is 0.324 e. The molecule has 1 aromatic carbocycles. The summed E-state index contributed by atoms with van der Waals surface area (Å²) in [6.45, 7) is 3.88. The summed E-state index contributed by atoms with van der Waals surface area (Å²) in [7, 11) is 0. The lowest BCUT2D eigenvalue weighted by Gasteiger charge is -2.14. The van der Waals surface area contributed by atoms with Gasteiger partial charge < -0.3 is 5.32 Å². The van der Waals surface area contributed by atoms with Crippen molar-refractivity contribution >= 4 is 35.0 Å². The summed E-state index contributed by atoms with van der Waals surface area (Å²) in [6, 6.07) is 2.69. The maximum Gasteiger partial charge on any atom is 0.416 e. The molecule has 142 valence electrons. The molecule has 2 N–H and O–H groups in total. The first-order chi connectivity index (χ1) is 12.1. The number of carbonyl (C=O) groups excluding carboxylic acids is 1. The van der Waals surface area contributed by atoms with E-state index in [1.54, 1.807) is 6.92 Å². The lowest BCUT2D eigenvalue weighted by molar-refractivity contribution is -0.137. The minimum Gasteiger partial charge on any atom is -0.324 e. The van der Waals surface area contributed by atoms with Crippen LogP contribution in [0, 0.1) is 0 Å². The summed E-state index contributed by atoms with van der Waals surface area (Å²) in [5.41, 5.74) is -1.43. The molecule has 0 radical (unpaired) electrons. The largest absolute Gasteiger partial charge is 0.416 e. The third-order valence-corrected chi connectivity index (χ3v) is 4.79. The summed E-state index contributed by atoms with van der Waals surface area (Å²) in [5.74, 6) is -0.560. The molecular weight excluding hydrogens is 393 g/mol. The van der Waals surface area contributed by atoms with Gasteiger partial charge in [-0.15, -0.1) is 5.10 Å². The summed E-state index contributed by atoms with van der Waals surface area (Å²) in [4.78, 5) is 24.0. The summed E-state index contributed by atoms with van der Waals surface area (Å²) in [5, 5.41) is 8.16. The molecule has 1 aromatic heterocycles. The molecule has 0 bridgehead atoms. The highest BCUT2D eigenvalue weighted by Gasteiger charge is 2.31. The Hall–Kier alpha value is -1.94. The van der Waals surface area contributed by atoms with Crippen molar-refractivity contribution < 1.29 is 18.0 Å². The van der Waals surface area contributed by atoms with Crippen molar-refractivity contribution in [3.05, 3.63) is 39.3 Å². The van der Waals surface area contributed by atoms with E-state index in [-0.39, 0.29) is 16.4 Å². The van der Waals surface area contributed by atoms with E-state index in [1.807, 2.05) is 6.92 Å². The van der Waals surface area contributed by atoms with Gasteiger partial charge in [0.15, 0.2) is 5.16 Å². The van der Waals surface area contributed by atoms with E-state index in [0.717, 1.165) is 30.0 Å². The van der Waals surface area contributed by atoms with Crippen molar-refractivity contribution in [3.8, 4) is 0 Å². The normalized spacial score (nSPS) is 12.8. The Bertz CT molecular complexity index is 850. The van der Waals surface area contributed by atoms with Crippen molar-refractivity contribution in [1.82, 2.24) is 14.8 Å². The predicted molar refractivity (Wildman–Crippen MR) is 93.5 cm³/mol. The van der Waals surface area contributed by atoms with Gasteiger partial charge in [-0.2, -0.15) is 13.2 Å². The molecule has 0 spiro atoms. The van der Waals surface area contributed by atoms with Gasteiger partial charge in [-0.25, -0.2) is 9.89 Å². The van der Waals surface area contributed by atoms with Gasteiger partial charge in [-0.3, -0.25) is 9.36 Å². The zero-order valence-electron chi connectivity index (χ0n) is 13.9. The molecule has 0 fully saturated rings. The molecule has 0 aliphatic rings. The second-order valence-electron chi connectivity index (χ2n) is 5.40. The van der Waals surface area contributed by atoms with Crippen LogP contribution in [0.4, 0.5) is 18.9 Å². The number of nitrogens with one attached hydrogen (secondary N) is 2. The van der Waals surface area contributed by atoms with Crippen molar-refractivity contribution in [2.24, 2.45) is 0 Å². The van der Waals surface area contributed by atoms with Crippen molar-refractivity contribution in [2.45, 2.75) is 43.4 Å². The Labute approximate surface area is 156 Å². The molecule has 0 saturated heterocycles.